The number of unbranched alkanes of at least 4 members (excludes halogenated alkanes) is 1. The summed E-state index contributed by atoms with van der Waals surface area (Å²) in [7, 11) is 0. The lowest BCUT2D eigenvalue weighted by Gasteiger charge is -2.27. The highest BCUT2D eigenvalue weighted by Gasteiger charge is 2.28. The van der Waals surface area contributed by atoms with Crippen molar-refractivity contribution in [3.63, 3.8) is 0 Å². The fourth-order valence-corrected chi connectivity index (χ4v) is 2.75. The minimum atomic E-state index is 0.289. The normalized spacial score (nSPS) is 16.9. The molecule has 1 heterocycles. The predicted octanol–water partition coefficient (Wildman–Crippen LogP) is 4.47. The van der Waals surface area contributed by atoms with Crippen LogP contribution in [0, 0.1) is 0 Å². The molecule has 3 nitrogen and oxygen atoms in total. The van der Waals surface area contributed by atoms with Crippen molar-refractivity contribution in [3.8, 4) is 5.75 Å². The minimum Gasteiger partial charge on any atom is -0.508 e. The van der Waals surface area contributed by atoms with E-state index in [2.05, 4.69) is 41.4 Å². The molecule has 104 valence electrons. The van der Waals surface area contributed by atoms with Gasteiger partial charge in [-0.15, -0.1) is 0 Å². The molecule has 2 aromatic rings. The Labute approximate surface area is 119 Å². The van der Waals surface area contributed by atoms with Crippen LogP contribution in [0.3, 0.4) is 0 Å². The molecule has 0 spiro atoms. The monoisotopic (exact) mass is 268 g/mol. The quantitative estimate of drug-likeness (QED) is 0.858. The van der Waals surface area contributed by atoms with Gasteiger partial charge in [-0.05, 0) is 49.2 Å². The predicted molar refractivity (Wildman–Crippen MR) is 83.6 cm³/mol. The number of nitrogens with zero attached hydrogens (tertiary/aromatic N) is 1. The van der Waals surface area contributed by atoms with Crippen molar-refractivity contribution in [2.24, 2.45) is 0 Å². The van der Waals surface area contributed by atoms with Gasteiger partial charge in [-0.25, -0.2) is 0 Å². The SMILES string of the molecule is CCCCC1Nc2ccccc2N1c1ccc(O)cc1. The van der Waals surface area contributed by atoms with Gasteiger partial charge in [0, 0.05) is 5.69 Å². The van der Waals surface area contributed by atoms with Crippen molar-refractivity contribution in [1.82, 2.24) is 0 Å². The van der Waals surface area contributed by atoms with Crippen molar-refractivity contribution in [2.75, 3.05) is 10.2 Å². The van der Waals surface area contributed by atoms with Gasteiger partial charge in [0.1, 0.15) is 11.9 Å². The Bertz CT molecular complexity index is 580. The van der Waals surface area contributed by atoms with Crippen molar-refractivity contribution >= 4 is 17.1 Å². The van der Waals surface area contributed by atoms with Gasteiger partial charge in [0.05, 0.1) is 11.4 Å². The third kappa shape index (κ3) is 2.31. The van der Waals surface area contributed by atoms with Crippen molar-refractivity contribution in [2.45, 2.75) is 32.4 Å². The number of para-hydroxylation sites is 2. The highest BCUT2D eigenvalue weighted by atomic mass is 16.3. The molecule has 0 bridgehead atoms. The minimum absolute atomic E-state index is 0.289. The molecule has 1 aliphatic heterocycles. The van der Waals surface area contributed by atoms with E-state index in [0.717, 1.165) is 12.1 Å². The average molecular weight is 268 g/mol. The molecule has 1 aliphatic rings. The number of fused-ring (bicyclic) bond motifs is 1. The number of benzene rings is 2. The van der Waals surface area contributed by atoms with Crippen molar-refractivity contribution < 1.29 is 5.11 Å². The molecular weight excluding hydrogens is 248 g/mol. The first-order valence-electron chi connectivity index (χ1n) is 7.23. The summed E-state index contributed by atoms with van der Waals surface area (Å²) in [6.07, 6.45) is 3.78. The lowest BCUT2D eigenvalue weighted by atomic mass is 10.2. The molecule has 0 amide bonds. The fourth-order valence-electron chi connectivity index (χ4n) is 2.75. The van der Waals surface area contributed by atoms with Crippen LogP contribution < -0.4 is 10.2 Å². The van der Waals surface area contributed by atoms with E-state index in [4.69, 9.17) is 0 Å². The Kier molecular flexibility index (Phi) is 3.50. The first-order valence-corrected chi connectivity index (χ1v) is 7.23. The topological polar surface area (TPSA) is 35.5 Å². The molecule has 20 heavy (non-hydrogen) atoms. The second kappa shape index (κ2) is 5.45. The molecule has 0 radical (unpaired) electrons. The van der Waals surface area contributed by atoms with Gasteiger partial charge < -0.3 is 15.3 Å². The third-order valence-electron chi connectivity index (χ3n) is 3.76. The standard InChI is InChI=1S/C17H20N2O/c1-2-3-8-17-18-15-6-4-5-7-16(15)19(17)13-9-11-14(20)12-10-13/h4-7,9-12,17-18,20H,2-3,8H2,1H3. The zero-order valence-electron chi connectivity index (χ0n) is 11.7. The lowest BCUT2D eigenvalue weighted by Crippen LogP contribution is -2.31. The van der Waals surface area contributed by atoms with Gasteiger partial charge in [0.25, 0.3) is 0 Å². The van der Waals surface area contributed by atoms with Crippen LogP contribution in [0.1, 0.15) is 26.2 Å². The third-order valence-corrected chi connectivity index (χ3v) is 3.76. The second-order valence-corrected chi connectivity index (χ2v) is 5.21. The zero-order valence-corrected chi connectivity index (χ0v) is 11.7. The zero-order chi connectivity index (χ0) is 13.9. The van der Waals surface area contributed by atoms with Crippen molar-refractivity contribution in [3.05, 3.63) is 48.5 Å². The molecule has 1 unspecified atom stereocenters. The molecule has 3 heteroatoms. The first-order chi connectivity index (χ1) is 9.79. The Hall–Kier alpha value is -2.16. The van der Waals surface area contributed by atoms with E-state index >= 15 is 0 Å². The van der Waals surface area contributed by atoms with Gasteiger partial charge in [0.2, 0.25) is 0 Å². The summed E-state index contributed by atoms with van der Waals surface area (Å²) in [5.74, 6) is 0.305. The summed E-state index contributed by atoms with van der Waals surface area (Å²) < 4.78 is 0. The highest BCUT2D eigenvalue weighted by Crippen LogP contribution is 2.41. The summed E-state index contributed by atoms with van der Waals surface area (Å²) in [6.45, 7) is 2.22. The van der Waals surface area contributed by atoms with Crippen LogP contribution in [0.4, 0.5) is 17.1 Å². The van der Waals surface area contributed by atoms with E-state index in [1.165, 1.54) is 24.2 Å². The van der Waals surface area contributed by atoms with Crippen LogP contribution in [0.25, 0.3) is 0 Å². The molecule has 0 saturated heterocycles. The number of phenolic OH excluding ortho intramolecular Hbond substituents is 1. The lowest BCUT2D eigenvalue weighted by molar-refractivity contribution is 0.475. The Morgan fingerprint density at radius 1 is 1.10 bits per heavy atom. The molecule has 0 saturated carbocycles. The van der Waals surface area contributed by atoms with E-state index < -0.39 is 0 Å². The molecule has 2 N–H and O–H groups in total. The average Bonchev–Trinajstić information content (AvgIpc) is 2.84. The van der Waals surface area contributed by atoms with Gasteiger partial charge in [-0.3, -0.25) is 0 Å². The van der Waals surface area contributed by atoms with Gasteiger partial charge in [-0.2, -0.15) is 0 Å². The van der Waals surface area contributed by atoms with Crippen LogP contribution in [0.2, 0.25) is 0 Å². The summed E-state index contributed by atoms with van der Waals surface area (Å²) in [5, 5.41) is 13.1. The molecular formula is C17H20N2O. The van der Waals surface area contributed by atoms with E-state index in [-0.39, 0.29) is 6.17 Å². The number of nitrogens with one attached hydrogen (secondary N) is 1. The Balaban J connectivity index is 1.96. The summed E-state index contributed by atoms with van der Waals surface area (Å²) in [4.78, 5) is 2.32. The largest absolute Gasteiger partial charge is 0.508 e. The maximum absolute atomic E-state index is 9.47. The number of phenols is 1. The van der Waals surface area contributed by atoms with Crippen LogP contribution in [-0.4, -0.2) is 11.3 Å². The maximum Gasteiger partial charge on any atom is 0.115 e. The maximum atomic E-state index is 9.47. The summed E-state index contributed by atoms with van der Waals surface area (Å²) in [6, 6.07) is 15.8. The number of hydrogen-bond acceptors (Lipinski definition) is 3. The van der Waals surface area contributed by atoms with Gasteiger partial charge in [0.15, 0.2) is 0 Å². The van der Waals surface area contributed by atoms with E-state index in [9.17, 15) is 5.11 Å². The molecule has 0 fully saturated rings. The van der Waals surface area contributed by atoms with E-state index in [1.807, 2.05) is 12.1 Å². The van der Waals surface area contributed by atoms with Crippen LogP contribution >= 0.6 is 0 Å². The van der Waals surface area contributed by atoms with Gasteiger partial charge in [-0.1, -0.05) is 25.5 Å². The summed E-state index contributed by atoms with van der Waals surface area (Å²) >= 11 is 0. The molecule has 1 atom stereocenters. The van der Waals surface area contributed by atoms with Crippen molar-refractivity contribution in [1.29, 1.82) is 0 Å². The van der Waals surface area contributed by atoms with Crippen LogP contribution in [0.5, 0.6) is 5.75 Å². The van der Waals surface area contributed by atoms with E-state index in [0.29, 0.717) is 5.75 Å². The molecule has 3 rings (SSSR count). The first kappa shape index (κ1) is 12.9. The fraction of sp³-hybridized carbons (Fsp3) is 0.294. The smallest absolute Gasteiger partial charge is 0.115 e. The number of aromatic hydroxyl groups is 1. The molecule has 0 aliphatic carbocycles. The second-order valence-electron chi connectivity index (χ2n) is 5.21. The van der Waals surface area contributed by atoms with Crippen LogP contribution in [0.15, 0.2) is 48.5 Å². The Morgan fingerprint density at radius 3 is 2.60 bits per heavy atom. The Morgan fingerprint density at radius 2 is 1.85 bits per heavy atom. The number of anilines is 3. The van der Waals surface area contributed by atoms with Crippen LogP contribution in [-0.2, 0) is 0 Å². The van der Waals surface area contributed by atoms with E-state index in [1.54, 1.807) is 12.1 Å². The molecule has 2 aromatic carbocycles. The van der Waals surface area contributed by atoms with Gasteiger partial charge >= 0.3 is 0 Å². The number of hydrogen-bond donors (Lipinski definition) is 2. The molecule has 0 aromatic heterocycles. The highest BCUT2D eigenvalue weighted by molar-refractivity contribution is 5.82. The number of rotatable bonds is 4. The summed E-state index contributed by atoms with van der Waals surface area (Å²) in [5.41, 5.74) is 3.50.